The van der Waals surface area contributed by atoms with Crippen molar-refractivity contribution < 1.29 is 8.42 Å². The number of rotatable bonds is 6. The molecule has 1 aliphatic rings. The molecule has 0 saturated carbocycles. The summed E-state index contributed by atoms with van der Waals surface area (Å²) in [6, 6.07) is 28.1. The Hall–Kier alpha value is -2.95. The van der Waals surface area contributed by atoms with E-state index in [1.807, 2.05) is 91.0 Å². The summed E-state index contributed by atoms with van der Waals surface area (Å²) in [7, 11) is -3.54. The van der Waals surface area contributed by atoms with E-state index < -0.39 is 10.0 Å². The Balaban J connectivity index is 1.61. The third-order valence-corrected chi connectivity index (χ3v) is 6.65. The highest BCUT2D eigenvalue weighted by atomic mass is 32.2. The molecule has 3 aromatic rings. The smallest absolute Gasteiger partial charge is 0.207 e. The van der Waals surface area contributed by atoms with Gasteiger partial charge in [-0.15, -0.1) is 0 Å². The van der Waals surface area contributed by atoms with Crippen LogP contribution in [0.2, 0.25) is 0 Å². The van der Waals surface area contributed by atoms with Crippen molar-refractivity contribution in [1.82, 2.24) is 4.31 Å². The minimum Gasteiger partial charge on any atom is -0.207 e. The van der Waals surface area contributed by atoms with Crippen molar-refractivity contribution in [3.8, 4) is 0 Å². The second-order valence-electron chi connectivity index (χ2n) is 6.67. The van der Waals surface area contributed by atoms with Gasteiger partial charge < -0.3 is 0 Å². The van der Waals surface area contributed by atoms with Gasteiger partial charge in [0.1, 0.15) is 0 Å². The number of hydrogen-bond donors (Lipinski definition) is 0. The molecule has 3 aromatic carbocycles. The van der Waals surface area contributed by atoms with Gasteiger partial charge in [0.15, 0.2) is 0 Å². The average Bonchev–Trinajstić information content (AvgIpc) is 3.47. The average molecular weight is 388 g/mol. The van der Waals surface area contributed by atoms with Gasteiger partial charge in [0.05, 0.1) is 17.0 Å². The first-order valence-corrected chi connectivity index (χ1v) is 10.7. The summed E-state index contributed by atoms with van der Waals surface area (Å²) in [6.45, 7) is 0. The highest BCUT2D eigenvalue weighted by molar-refractivity contribution is 7.89. The van der Waals surface area contributed by atoms with Crippen LogP contribution in [0.4, 0.5) is 0 Å². The van der Waals surface area contributed by atoms with Crippen molar-refractivity contribution in [3.63, 3.8) is 0 Å². The Kier molecular flexibility index (Phi) is 5.24. The molecule has 4 heteroatoms. The second kappa shape index (κ2) is 7.97. The van der Waals surface area contributed by atoms with E-state index in [0.717, 1.165) is 11.1 Å². The Labute approximate surface area is 166 Å². The lowest BCUT2D eigenvalue weighted by Crippen LogP contribution is -2.15. The fraction of sp³-hybridized carbons (Fsp3) is 0.0833. The van der Waals surface area contributed by atoms with Crippen LogP contribution in [0.3, 0.4) is 0 Å². The summed E-state index contributed by atoms with van der Waals surface area (Å²) >= 11 is 0. The lowest BCUT2D eigenvalue weighted by atomic mass is 10.1. The molecular formula is C24H21NO2S. The Bertz CT molecular complexity index is 1020. The molecule has 2 atom stereocenters. The maximum absolute atomic E-state index is 13.1. The standard InChI is InChI=1S/C24H21NO2S/c26-28(27,22-14-8-3-9-15-22)25-23(18-16-20-10-4-1-5-11-20)24(25)19-17-21-12-6-2-7-13-21/h1-19,23-24H/b18-16+,19-17+/t23-,24-/m1/s1. The van der Waals surface area contributed by atoms with Gasteiger partial charge in [0.2, 0.25) is 10.0 Å². The van der Waals surface area contributed by atoms with Gasteiger partial charge in [0, 0.05) is 0 Å². The molecule has 140 valence electrons. The molecule has 0 aliphatic carbocycles. The molecular weight excluding hydrogens is 366 g/mol. The predicted octanol–water partition coefficient (Wildman–Crippen LogP) is 4.85. The Morgan fingerprint density at radius 3 is 1.43 bits per heavy atom. The molecule has 1 fully saturated rings. The van der Waals surface area contributed by atoms with Crippen LogP contribution in [0.1, 0.15) is 11.1 Å². The van der Waals surface area contributed by atoms with Crippen molar-refractivity contribution >= 4 is 22.2 Å². The zero-order chi connectivity index (χ0) is 19.4. The maximum Gasteiger partial charge on any atom is 0.244 e. The summed E-state index contributed by atoms with van der Waals surface area (Å²) in [4.78, 5) is 0.323. The van der Waals surface area contributed by atoms with E-state index in [9.17, 15) is 8.42 Å². The first-order chi connectivity index (χ1) is 13.7. The van der Waals surface area contributed by atoms with Crippen molar-refractivity contribution in [1.29, 1.82) is 0 Å². The van der Waals surface area contributed by atoms with E-state index in [2.05, 4.69) is 0 Å². The highest BCUT2D eigenvalue weighted by Gasteiger charge is 2.52. The van der Waals surface area contributed by atoms with E-state index in [4.69, 9.17) is 0 Å². The van der Waals surface area contributed by atoms with Crippen molar-refractivity contribution in [2.75, 3.05) is 0 Å². The molecule has 0 bridgehead atoms. The largest absolute Gasteiger partial charge is 0.244 e. The topological polar surface area (TPSA) is 37.1 Å². The molecule has 0 radical (unpaired) electrons. The summed E-state index contributed by atoms with van der Waals surface area (Å²) in [5.41, 5.74) is 2.11. The molecule has 0 amide bonds. The van der Waals surface area contributed by atoms with Crippen molar-refractivity contribution in [2.24, 2.45) is 0 Å². The van der Waals surface area contributed by atoms with Gasteiger partial charge in [-0.3, -0.25) is 0 Å². The van der Waals surface area contributed by atoms with Crippen LogP contribution >= 0.6 is 0 Å². The SMILES string of the molecule is O=S(=O)(c1ccccc1)N1[C@H](/C=C/c2ccccc2)[C@H]1/C=C/c1ccccc1. The van der Waals surface area contributed by atoms with Crippen LogP contribution in [0.25, 0.3) is 12.2 Å². The van der Waals surface area contributed by atoms with Crippen molar-refractivity contribution in [3.05, 3.63) is 114 Å². The van der Waals surface area contributed by atoms with Gasteiger partial charge >= 0.3 is 0 Å². The summed E-state index contributed by atoms with van der Waals surface area (Å²) < 4.78 is 27.7. The quantitative estimate of drug-likeness (QED) is 0.567. The first kappa shape index (κ1) is 18.4. The van der Waals surface area contributed by atoms with Crippen LogP contribution in [0, 0.1) is 0 Å². The van der Waals surface area contributed by atoms with Crippen LogP contribution in [0.15, 0.2) is 108 Å². The normalized spacial score (nSPS) is 21.9. The van der Waals surface area contributed by atoms with E-state index in [1.54, 1.807) is 28.6 Å². The van der Waals surface area contributed by atoms with Crippen molar-refractivity contribution in [2.45, 2.75) is 17.0 Å². The lowest BCUT2D eigenvalue weighted by Gasteiger charge is -2.05. The third kappa shape index (κ3) is 3.98. The monoisotopic (exact) mass is 387 g/mol. The molecule has 0 N–H and O–H groups in total. The Morgan fingerprint density at radius 2 is 1.00 bits per heavy atom. The van der Waals surface area contributed by atoms with Crippen LogP contribution in [-0.2, 0) is 10.0 Å². The highest BCUT2D eigenvalue weighted by Crippen LogP contribution is 2.38. The number of hydrogen-bond acceptors (Lipinski definition) is 2. The molecule has 28 heavy (non-hydrogen) atoms. The molecule has 1 aliphatic heterocycles. The summed E-state index contributed by atoms with van der Waals surface area (Å²) in [5.74, 6) is 0. The van der Waals surface area contributed by atoms with Crippen LogP contribution in [0.5, 0.6) is 0 Å². The molecule has 0 spiro atoms. The van der Waals surface area contributed by atoms with Gasteiger partial charge in [0.25, 0.3) is 0 Å². The van der Waals surface area contributed by atoms with Crippen LogP contribution in [-0.4, -0.2) is 24.8 Å². The molecule has 4 rings (SSSR count). The lowest BCUT2D eigenvalue weighted by molar-refractivity contribution is 0.554. The number of benzene rings is 3. The first-order valence-electron chi connectivity index (χ1n) is 9.21. The van der Waals surface area contributed by atoms with Crippen LogP contribution < -0.4 is 0 Å². The van der Waals surface area contributed by atoms with E-state index in [0.29, 0.717) is 4.90 Å². The third-order valence-electron chi connectivity index (χ3n) is 4.74. The Morgan fingerprint density at radius 1 is 0.607 bits per heavy atom. The maximum atomic E-state index is 13.1. The minimum atomic E-state index is -3.54. The zero-order valence-electron chi connectivity index (χ0n) is 15.3. The van der Waals surface area contributed by atoms with Gasteiger partial charge in [-0.2, -0.15) is 4.31 Å². The number of nitrogens with zero attached hydrogens (tertiary/aromatic N) is 1. The van der Waals surface area contributed by atoms with E-state index in [1.165, 1.54) is 0 Å². The molecule has 1 saturated heterocycles. The molecule has 3 nitrogen and oxygen atoms in total. The minimum absolute atomic E-state index is 0.189. The molecule has 1 heterocycles. The molecule has 0 unspecified atom stereocenters. The second-order valence-corrected chi connectivity index (χ2v) is 8.51. The van der Waals surface area contributed by atoms with E-state index >= 15 is 0 Å². The zero-order valence-corrected chi connectivity index (χ0v) is 16.1. The fourth-order valence-corrected chi connectivity index (χ4v) is 4.95. The predicted molar refractivity (Wildman–Crippen MR) is 114 cm³/mol. The van der Waals surface area contributed by atoms with Gasteiger partial charge in [-0.1, -0.05) is 103 Å². The summed E-state index contributed by atoms with van der Waals surface area (Å²) in [6.07, 6.45) is 7.90. The van der Waals surface area contributed by atoms with E-state index in [-0.39, 0.29) is 12.1 Å². The van der Waals surface area contributed by atoms with Gasteiger partial charge in [-0.05, 0) is 23.3 Å². The fourth-order valence-electron chi connectivity index (χ4n) is 3.23. The number of sulfonamides is 1. The van der Waals surface area contributed by atoms with Gasteiger partial charge in [-0.25, -0.2) is 8.42 Å². The summed E-state index contributed by atoms with van der Waals surface area (Å²) in [5, 5.41) is 0. The molecule has 0 aromatic heterocycles.